The fraction of sp³-hybridized carbons (Fsp3) is 0.273. The fourth-order valence-electron chi connectivity index (χ4n) is 3.59. The van der Waals surface area contributed by atoms with Crippen LogP contribution >= 0.6 is 11.6 Å². The number of aromatic nitrogens is 2. The summed E-state index contributed by atoms with van der Waals surface area (Å²) in [5, 5.41) is 3.78. The normalized spacial score (nSPS) is 16.3. The molecule has 1 atom stereocenters. The van der Waals surface area contributed by atoms with E-state index < -0.39 is 0 Å². The molecule has 6 nitrogen and oxygen atoms in total. The standard InChI is InChI=1S/C22H23ClN4O2/c1-29-18-8-4-15(5-9-18)11-24-22(28)21-10-19-20(26-14-25-19)13-27(21)12-16-2-6-17(23)7-3-16/h2-9,14,21H,10-13H2,1H3,(H,24,28)(H,25,26)/t21-/m0/s1. The van der Waals surface area contributed by atoms with Gasteiger partial charge in [0.1, 0.15) is 5.75 Å². The van der Waals surface area contributed by atoms with Crippen molar-refractivity contribution >= 4 is 17.5 Å². The van der Waals surface area contributed by atoms with Crippen molar-refractivity contribution in [3.05, 3.63) is 82.4 Å². The number of carbonyl (C=O) groups is 1. The summed E-state index contributed by atoms with van der Waals surface area (Å²) in [4.78, 5) is 22.8. The largest absolute Gasteiger partial charge is 0.497 e. The van der Waals surface area contributed by atoms with Crippen LogP contribution in [0.2, 0.25) is 5.02 Å². The van der Waals surface area contributed by atoms with Gasteiger partial charge in [0.25, 0.3) is 0 Å². The molecule has 2 N–H and O–H groups in total. The predicted molar refractivity (Wildman–Crippen MR) is 112 cm³/mol. The number of fused-ring (bicyclic) bond motifs is 1. The summed E-state index contributed by atoms with van der Waals surface area (Å²) in [7, 11) is 1.64. The van der Waals surface area contributed by atoms with Gasteiger partial charge in [-0.15, -0.1) is 0 Å². The van der Waals surface area contributed by atoms with Crippen LogP contribution in [0, 0.1) is 0 Å². The lowest BCUT2D eigenvalue weighted by Gasteiger charge is -2.34. The van der Waals surface area contributed by atoms with E-state index in [0.29, 0.717) is 31.1 Å². The molecule has 0 unspecified atom stereocenters. The molecule has 0 spiro atoms. The molecule has 1 aromatic heterocycles. The van der Waals surface area contributed by atoms with Gasteiger partial charge in [0.05, 0.1) is 30.9 Å². The number of methoxy groups -OCH3 is 1. The van der Waals surface area contributed by atoms with Crippen molar-refractivity contribution in [1.82, 2.24) is 20.2 Å². The zero-order valence-electron chi connectivity index (χ0n) is 16.2. The van der Waals surface area contributed by atoms with E-state index in [1.165, 1.54) is 0 Å². The number of carbonyl (C=O) groups excluding carboxylic acids is 1. The van der Waals surface area contributed by atoms with E-state index in [1.807, 2.05) is 48.5 Å². The molecule has 0 bridgehead atoms. The molecule has 0 radical (unpaired) electrons. The number of nitrogens with one attached hydrogen (secondary N) is 2. The Labute approximate surface area is 174 Å². The van der Waals surface area contributed by atoms with Crippen LogP contribution < -0.4 is 10.1 Å². The topological polar surface area (TPSA) is 70.2 Å². The molecule has 2 heterocycles. The second kappa shape index (κ2) is 8.68. The van der Waals surface area contributed by atoms with Gasteiger partial charge in [-0.2, -0.15) is 0 Å². The molecule has 7 heteroatoms. The van der Waals surface area contributed by atoms with Crippen molar-refractivity contribution in [3.8, 4) is 5.75 Å². The summed E-state index contributed by atoms with van der Waals surface area (Å²) >= 11 is 6.01. The van der Waals surface area contributed by atoms with E-state index in [4.69, 9.17) is 16.3 Å². The number of nitrogens with zero attached hydrogens (tertiary/aromatic N) is 2. The molecule has 2 aromatic carbocycles. The monoisotopic (exact) mass is 410 g/mol. The number of rotatable bonds is 6. The molecule has 1 amide bonds. The second-order valence-corrected chi connectivity index (χ2v) is 7.58. The summed E-state index contributed by atoms with van der Waals surface area (Å²) in [6.07, 6.45) is 2.28. The fourth-order valence-corrected chi connectivity index (χ4v) is 3.71. The molecule has 29 heavy (non-hydrogen) atoms. The predicted octanol–water partition coefficient (Wildman–Crippen LogP) is 3.32. The first-order valence-corrected chi connectivity index (χ1v) is 9.90. The molecule has 1 aliphatic rings. The number of hydrogen-bond donors (Lipinski definition) is 2. The Morgan fingerprint density at radius 3 is 2.66 bits per heavy atom. The van der Waals surface area contributed by atoms with Gasteiger partial charge in [-0.3, -0.25) is 9.69 Å². The number of halogens is 1. The first kappa shape index (κ1) is 19.5. The maximum Gasteiger partial charge on any atom is 0.238 e. The Morgan fingerprint density at radius 2 is 1.93 bits per heavy atom. The SMILES string of the molecule is COc1ccc(CNC(=O)[C@@H]2Cc3nc[nH]c3CN2Cc2ccc(Cl)cc2)cc1. The highest BCUT2D eigenvalue weighted by Gasteiger charge is 2.32. The van der Waals surface area contributed by atoms with Crippen molar-refractivity contribution < 1.29 is 9.53 Å². The van der Waals surface area contributed by atoms with Crippen LogP contribution in [0.3, 0.4) is 0 Å². The highest BCUT2D eigenvalue weighted by molar-refractivity contribution is 6.30. The first-order chi connectivity index (χ1) is 14.1. The van der Waals surface area contributed by atoms with Gasteiger partial charge < -0.3 is 15.0 Å². The lowest BCUT2D eigenvalue weighted by molar-refractivity contribution is -0.127. The Balaban J connectivity index is 1.46. The van der Waals surface area contributed by atoms with Crippen molar-refractivity contribution in [1.29, 1.82) is 0 Å². The summed E-state index contributed by atoms with van der Waals surface area (Å²) in [5.74, 6) is 0.802. The molecule has 1 aliphatic heterocycles. The Hall–Kier alpha value is -2.83. The third-order valence-corrected chi connectivity index (χ3v) is 5.48. The molecule has 150 valence electrons. The summed E-state index contributed by atoms with van der Waals surface area (Å²) in [6.45, 7) is 1.79. The average Bonchev–Trinajstić information content (AvgIpc) is 3.21. The number of imidazole rings is 1. The molecule has 0 saturated heterocycles. The quantitative estimate of drug-likeness (QED) is 0.654. The second-order valence-electron chi connectivity index (χ2n) is 7.15. The van der Waals surface area contributed by atoms with Crippen LogP contribution in [0.5, 0.6) is 5.75 Å². The van der Waals surface area contributed by atoms with Crippen LogP contribution in [0.4, 0.5) is 0 Å². The zero-order valence-corrected chi connectivity index (χ0v) is 16.9. The van der Waals surface area contributed by atoms with Gasteiger partial charge in [0, 0.05) is 31.1 Å². The van der Waals surface area contributed by atoms with Gasteiger partial charge >= 0.3 is 0 Å². The lowest BCUT2D eigenvalue weighted by Crippen LogP contribution is -2.49. The Morgan fingerprint density at radius 1 is 1.21 bits per heavy atom. The lowest BCUT2D eigenvalue weighted by atomic mass is 10.0. The minimum absolute atomic E-state index is 0.00318. The maximum absolute atomic E-state index is 13.0. The number of aromatic amines is 1. The van der Waals surface area contributed by atoms with Crippen molar-refractivity contribution in [3.63, 3.8) is 0 Å². The molecule has 0 aliphatic carbocycles. The average molecular weight is 411 g/mol. The van der Waals surface area contributed by atoms with Gasteiger partial charge in [-0.05, 0) is 35.4 Å². The van der Waals surface area contributed by atoms with E-state index in [9.17, 15) is 4.79 Å². The van der Waals surface area contributed by atoms with Crippen molar-refractivity contribution in [2.45, 2.75) is 32.1 Å². The van der Waals surface area contributed by atoms with Gasteiger partial charge in [-0.1, -0.05) is 35.9 Å². The highest BCUT2D eigenvalue weighted by Crippen LogP contribution is 2.23. The minimum Gasteiger partial charge on any atom is -0.497 e. The smallest absolute Gasteiger partial charge is 0.238 e. The van der Waals surface area contributed by atoms with E-state index in [-0.39, 0.29) is 11.9 Å². The summed E-state index contributed by atoms with van der Waals surface area (Å²) in [5.41, 5.74) is 4.17. The third-order valence-electron chi connectivity index (χ3n) is 5.22. The van der Waals surface area contributed by atoms with Gasteiger partial charge in [0.15, 0.2) is 0 Å². The van der Waals surface area contributed by atoms with Crippen LogP contribution in [-0.4, -0.2) is 33.9 Å². The third kappa shape index (κ3) is 4.60. The number of ether oxygens (including phenoxy) is 1. The Kier molecular flexibility index (Phi) is 5.83. The number of hydrogen-bond acceptors (Lipinski definition) is 4. The van der Waals surface area contributed by atoms with Crippen molar-refractivity contribution in [2.75, 3.05) is 7.11 Å². The van der Waals surface area contributed by atoms with Crippen molar-refractivity contribution in [2.24, 2.45) is 0 Å². The zero-order chi connectivity index (χ0) is 20.2. The minimum atomic E-state index is -0.278. The number of H-pyrrole nitrogens is 1. The molecule has 0 saturated carbocycles. The van der Waals surface area contributed by atoms with Crippen LogP contribution in [0.1, 0.15) is 22.5 Å². The van der Waals surface area contributed by atoms with E-state index in [1.54, 1.807) is 13.4 Å². The van der Waals surface area contributed by atoms with Crippen LogP contribution in [0.25, 0.3) is 0 Å². The summed E-state index contributed by atoms with van der Waals surface area (Å²) < 4.78 is 5.18. The molecule has 3 aromatic rings. The molecular weight excluding hydrogens is 388 g/mol. The molecule has 4 rings (SSSR count). The van der Waals surface area contributed by atoms with Gasteiger partial charge in [0.2, 0.25) is 5.91 Å². The van der Waals surface area contributed by atoms with Crippen LogP contribution in [0.15, 0.2) is 54.9 Å². The highest BCUT2D eigenvalue weighted by atomic mass is 35.5. The van der Waals surface area contributed by atoms with E-state index in [2.05, 4.69) is 20.2 Å². The maximum atomic E-state index is 13.0. The molecule has 0 fully saturated rings. The van der Waals surface area contributed by atoms with E-state index in [0.717, 1.165) is 28.3 Å². The van der Waals surface area contributed by atoms with Gasteiger partial charge in [-0.25, -0.2) is 4.98 Å². The number of benzene rings is 2. The van der Waals surface area contributed by atoms with E-state index >= 15 is 0 Å². The molecular formula is C22H23ClN4O2. The Bertz CT molecular complexity index is 969. The van der Waals surface area contributed by atoms with Crippen LogP contribution in [-0.2, 0) is 30.8 Å². The summed E-state index contributed by atoms with van der Waals surface area (Å²) in [6, 6.07) is 15.2. The first-order valence-electron chi connectivity index (χ1n) is 9.52. The number of amides is 1.